The zero-order valence-corrected chi connectivity index (χ0v) is 15.5. The Balaban J connectivity index is 1.76. The molecule has 2 aromatic rings. The summed E-state index contributed by atoms with van der Waals surface area (Å²) in [6.45, 7) is 5.34. The van der Waals surface area contributed by atoms with E-state index in [0.29, 0.717) is 54.2 Å². The van der Waals surface area contributed by atoms with Crippen molar-refractivity contribution in [3.05, 3.63) is 46.9 Å². The van der Waals surface area contributed by atoms with Gasteiger partial charge < -0.3 is 15.1 Å². The van der Waals surface area contributed by atoms with Crippen molar-refractivity contribution < 1.29 is 9.59 Å². The van der Waals surface area contributed by atoms with E-state index in [1.54, 1.807) is 28.9 Å². The molecule has 0 bridgehead atoms. The van der Waals surface area contributed by atoms with Gasteiger partial charge in [-0.25, -0.2) is 9.97 Å². The van der Waals surface area contributed by atoms with E-state index >= 15 is 0 Å². The molecule has 1 fully saturated rings. The van der Waals surface area contributed by atoms with E-state index in [-0.39, 0.29) is 11.8 Å². The highest BCUT2D eigenvalue weighted by Gasteiger charge is 2.24. The maximum absolute atomic E-state index is 12.8. The summed E-state index contributed by atoms with van der Waals surface area (Å²) in [6, 6.07) is 8.94. The Hall–Kier alpha value is -2.67. The van der Waals surface area contributed by atoms with E-state index in [2.05, 4.69) is 15.3 Å². The van der Waals surface area contributed by atoms with E-state index in [0.717, 1.165) is 0 Å². The molecule has 0 radical (unpaired) electrons. The number of rotatable bonds is 3. The SMILES string of the molecule is CC(=O)N1CCN(C(=O)c2cc(Nc3ccccc3Cl)nc(C)n2)CC1. The minimum atomic E-state index is -0.166. The molecular formula is C18H20ClN5O2. The molecule has 8 heteroatoms. The number of aryl methyl sites for hydroxylation is 1. The molecule has 2 amide bonds. The van der Waals surface area contributed by atoms with E-state index < -0.39 is 0 Å². The van der Waals surface area contributed by atoms with Crippen molar-refractivity contribution in [3.8, 4) is 0 Å². The molecule has 136 valence electrons. The summed E-state index contributed by atoms with van der Waals surface area (Å²) in [5.74, 6) is 0.867. The smallest absolute Gasteiger partial charge is 0.272 e. The van der Waals surface area contributed by atoms with E-state index in [9.17, 15) is 9.59 Å². The van der Waals surface area contributed by atoms with Gasteiger partial charge in [0.2, 0.25) is 5.91 Å². The Labute approximate surface area is 157 Å². The van der Waals surface area contributed by atoms with Gasteiger partial charge in [-0.15, -0.1) is 0 Å². The van der Waals surface area contributed by atoms with E-state index in [1.807, 2.05) is 18.2 Å². The Bertz CT molecular complexity index is 834. The predicted octanol–water partition coefficient (Wildman–Crippen LogP) is 2.49. The molecular weight excluding hydrogens is 354 g/mol. The highest BCUT2D eigenvalue weighted by Crippen LogP contribution is 2.24. The second-order valence-electron chi connectivity index (χ2n) is 6.09. The number of hydrogen-bond acceptors (Lipinski definition) is 5. The lowest BCUT2D eigenvalue weighted by molar-refractivity contribution is -0.130. The molecule has 7 nitrogen and oxygen atoms in total. The second-order valence-corrected chi connectivity index (χ2v) is 6.50. The Morgan fingerprint density at radius 1 is 1.08 bits per heavy atom. The van der Waals surface area contributed by atoms with E-state index in [1.165, 1.54) is 6.92 Å². The van der Waals surface area contributed by atoms with Gasteiger partial charge in [-0.1, -0.05) is 23.7 Å². The van der Waals surface area contributed by atoms with E-state index in [4.69, 9.17) is 11.6 Å². The third-order valence-electron chi connectivity index (χ3n) is 4.21. The first-order valence-electron chi connectivity index (χ1n) is 8.36. The number of carbonyl (C=O) groups excluding carboxylic acids is 2. The molecule has 0 unspecified atom stereocenters. The molecule has 1 N–H and O–H groups in total. The topological polar surface area (TPSA) is 78.4 Å². The van der Waals surface area contributed by atoms with Crippen LogP contribution in [0.15, 0.2) is 30.3 Å². The maximum Gasteiger partial charge on any atom is 0.272 e. The molecule has 0 saturated carbocycles. The van der Waals surface area contributed by atoms with Crippen molar-refractivity contribution in [1.82, 2.24) is 19.8 Å². The number of anilines is 2. The molecule has 0 spiro atoms. The summed E-state index contributed by atoms with van der Waals surface area (Å²) in [5.41, 5.74) is 1.03. The van der Waals surface area contributed by atoms with Crippen molar-refractivity contribution in [2.75, 3.05) is 31.5 Å². The van der Waals surface area contributed by atoms with Crippen LogP contribution < -0.4 is 5.32 Å². The van der Waals surface area contributed by atoms with Crippen LogP contribution in [0.25, 0.3) is 0 Å². The third-order valence-corrected chi connectivity index (χ3v) is 4.54. The van der Waals surface area contributed by atoms with Crippen LogP contribution in [-0.2, 0) is 4.79 Å². The third kappa shape index (κ3) is 4.11. The number of halogens is 1. The minimum Gasteiger partial charge on any atom is -0.339 e. The van der Waals surface area contributed by atoms with Gasteiger partial charge in [-0.05, 0) is 19.1 Å². The Morgan fingerprint density at radius 3 is 2.38 bits per heavy atom. The summed E-state index contributed by atoms with van der Waals surface area (Å²) >= 11 is 6.16. The number of hydrogen-bond donors (Lipinski definition) is 1. The number of nitrogens with zero attached hydrogens (tertiary/aromatic N) is 4. The van der Waals surface area contributed by atoms with Crippen molar-refractivity contribution in [1.29, 1.82) is 0 Å². The van der Waals surface area contributed by atoms with Crippen LogP contribution in [0, 0.1) is 6.92 Å². The number of benzene rings is 1. The zero-order chi connectivity index (χ0) is 18.7. The van der Waals surface area contributed by atoms with Crippen LogP contribution in [0.3, 0.4) is 0 Å². The summed E-state index contributed by atoms with van der Waals surface area (Å²) < 4.78 is 0. The monoisotopic (exact) mass is 373 g/mol. The number of nitrogens with one attached hydrogen (secondary N) is 1. The molecule has 1 saturated heterocycles. The van der Waals surface area contributed by atoms with Crippen molar-refractivity contribution in [2.24, 2.45) is 0 Å². The largest absolute Gasteiger partial charge is 0.339 e. The first-order valence-corrected chi connectivity index (χ1v) is 8.74. The van der Waals surface area contributed by atoms with Gasteiger partial charge >= 0.3 is 0 Å². The average Bonchev–Trinajstić information content (AvgIpc) is 2.62. The van der Waals surface area contributed by atoms with Crippen molar-refractivity contribution in [2.45, 2.75) is 13.8 Å². The van der Waals surface area contributed by atoms with Gasteiger partial charge in [0, 0.05) is 39.2 Å². The number of para-hydroxylation sites is 1. The van der Waals surface area contributed by atoms with Crippen molar-refractivity contribution in [3.63, 3.8) is 0 Å². The first kappa shape index (κ1) is 18.1. The molecule has 1 aliphatic rings. The van der Waals surface area contributed by atoms with Gasteiger partial charge in [0.1, 0.15) is 17.3 Å². The first-order chi connectivity index (χ1) is 12.4. The Morgan fingerprint density at radius 2 is 1.73 bits per heavy atom. The molecule has 0 atom stereocenters. The highest BCUT2D eigenvalue weighted by molar-refractivity contribution is 6.33. The van der Waals surface area contributed by atoms with Gasteiger partial charge in [-0.3, -0.25) is 9.59 Å². The molecule has 1 aromatic carbocycles. The van der Waals surface area contributed by atoms with Crippen LogP contribution in [0.1, 0.15) is 23.2 Å². The highest BCUT2D eigenvalue weighted by atomic mass is 35.5. The molecule has 2 heterocycles. The lowest BCUT2D eigenvalue weighted by Crippen LogP contribution is -2.50. The molecule has 3 rings (SSSR count). The van der Waals surface area contributed by atoms with Crippen LogP contribution in [0.5, 0.6) is 0 Å². The predicted molar refractivity (Wildman–Crippen MR) is 99.7 cm³/mol. The minimum absolute atomic E-state index is 0.0289. The lowest BCUT2D eigenvalue weighted by Gasteiger charge is -2.34. The molecule has 26 heavy (non-hydrogen) atoms. The fourth-order valence-electron chi connectivity index (χ4n) is 2.83. The summed E-state index contributed by atoms with van der Waals surface area (Å²) in [5, 5.41) is 3.69. The summed E-state index contributed by atoms with van der Waals surface area (Å²) in [7, 11) is 0. The standard InChI is InChI=1S/C18H20ClN5O2/c1-12-20-16(18(26)24-9-7-23(8-10-24)13(2)25)11-17(21-12)22-15-6-4-3-5-14(15)19/h3-6,11H,7-10H2,1-2H3,(H,20,21,22). The number of piperazine rings is 1. The van der Waals surface area contributed by atoms with Crippen LogP contribution in [-0.4, -0.2) is 57.8 Å². The maximum atomic E-state index is 12.8. The quantitative estimate of drug-likeness (QED) is 0.894. The normalized spacial score (nSPS) is 14.3. The second kappa shape index (κ2) is 7.70. The van der Waals surface area contributed by atoms with Crippen LogP contribution in [0.2, 0.25) is 5.02 Å². The van der Waals surface area contributed by atoms with Gasteiger partial charge in [0.05, 0.1) is 10.7 Å². The molecule has 1 aliphatic heterocycles. The number of carbonyl (C=O) groups is 2. The molecule has 0 aliphatic carbocycles. The lowest BCUT2D eigenvalue weighted by atomic mass is 10.2. The zero-order valence-electron chi connectivity index (χ0n) is 14.7. The van der Waals surface area contributed by atoms with Gasteiger partial charge in [-0.2, -0.15) is 0 Å². The number of amides is 2. The summed E-state index contributed by atoms with van der Waals surface area (Å²) in [6.07, 6.45) is 0. The fourth-order valence-corrected chi connectivity index (χ4v) is 3.01. The fraction of sp³-hybridized carbons (Fsp3) is 0.333. The van der Waals surface area contributed by atoms with Crippen molar-refractivity contribution >= 4 is 34.9 Å². The van der Waals surface area contributed by atoms with Crippen LogP contribution in [0.4, 0.5) is 11.5 Å². The molecule has 1 aromatic heterocycles. The average molecular weight is 374 g/mol. The number of aromatic nitrogens is 2. The van der Waals surface area contributed by atoms with Gasteiger partial charge in [0.25, 0.3) is 5.91 Å². The summed E-state index contributed by atoms with van der Waals surface area (Å²) in [4.78, 5) is 36.2. The Kier molecular flexibility index (Phi) is 5.37. The van der Waals surface area contributed by atoms with Crippen LogP contribution >= 0.6 is 11.6 Å². The van der Waals surface area contributed by atoms with Gasteiger partial charge in [0.15, 0.2) is 0 Å².